The zero-order chi connectivity index (χ0) is 12.9. The quantitative estimate of drug-likeness (QED) is 0.811. The number of rotatable bonds is 2. The van der Waals surface area contributed by atoms with Gasteiger partial charge >= 0.3 is 0 Å². The summed E-state index contributed by atoms with van der Waals surface area (Å²) in [5.41, 5.74) is 4.26. The molecular formula is C17H19NO. The minimum atomic E-state index is -0.131. The van der Waals surface area contributed by atoms with Crippen LogP contribution in [0.5, 0.6) is 0 Å². The second-order valence-electron chi connectivity index (χ2n) is 6.46. The van der Waals surface area contributed by atoms with Gasteiger partial charge in [0, 0.05) is 0 Å². The third-order valence-corrected chi connectivity index (χ3v) is 5.48. The van der Waals surface area contributed by atoms with Crippen LogP contribution in [0.4, 0.5) is 0 Å². The van der Waals surface area contributed by atoms with E-state index in [9.17, 15) is 5.26 Å². The highest BCUT2D eigenvalue weighted by atomic mass is 16.5. The average Bonchev–Trinajstić information content (AvgIpc) is 3.19. The highest BCUT2D eigenvalue weighted by molar-refractivity contribution is 5.43. The van der Waals surface area contributed by atoms with Gasteiger partial charge in [-0.3, -0.25) is 0 Å². The third kappa shape index (κ3) is 1.45. The van der Waals surface area contributed by atoms with Crippen molar-refractivity contribution < 1.29 is 4.74 Å². The first-order chi connectivity index (χ1) is 9.30. The Balaban J connectivity index is 1.77. The molecule has 2 aliphatic carbocycles. The fourth-order valence-electron chi connectivity index (χ4n) is 3.88. The van der Waals surface area contributed by atoms with E-state index in [1.54, 1.807) is 0 Å². The van der Waals surface area contributed by atoms with Gasteiger partial charge in [-0.2, -0.15) is 5.26 Å². The summed E-state index contributed by atoms with van der Waals surface area (Å²) in [6.07, 6.45) is 7.15. The van der Waals surface area contributed by atoms with Crippen LogP contribution >= 0.6 is 0 Å². The minimum absolute atomic E-state index is 0.00573. The molecule has 0 atom stereocenters. The van der Waals surface area contributed by atoms with Crippen molar-refractivity contribution >= 4 is 0 Å². The molecular weight excluding hydrogens is 234 g/mol. The highest BCUT2D eigenvalue weighted by Crippen LogP contribution is 2.62. The molecule has 0 N–H and O–H groups in total. The van der Waals surface area contributed by atoms with Crippen LogP contribution in [0.3, 0.4) is 0 Å². The second-order valence-corrected chi connectivity index (χ2v) is 6.46. The number of benzene rings is 1. The van der Waals surface area contributed by atoms with E-state index in [-0.39, 0.29) is 10.8 Å². The first kappa shape index (κ1) is 11.5. The Morgan fingerprint density at radius 2 is 1.79 bits per heavy atom. The maximum Gasteiger partial charge on any atom is 0.0716 e. The number of nitrogens with zero attached hydrogens (tertiary/aromatic N) is 1. The Bertz CT molecular complexity index is 561. The summed E-state index contributed by atoms with van der Waals surface area (Å²) in [7, 11) is 0. The molecule has 2 fully saturated rings. The van der Waals surface area contributed by atoms with Crippen LogP contribution in [0.15, 0.2) is 18.2 Å². The minimum Gasteiger partial charge on any atom is -0.379 e. The Labute approximate surface area is 114 Å². The van der Waals surface area contributed by atoms with E-state index in [2.05, 4.69) is 24.3 Å². The van der Waals surface area contributed by atoms with Gasteiger partial charge in [-0.05, 0) is 55.2 Å². The van der Waals surface area contributed by atoms with E-state index in [0.29, 0.717) is 0 Å². The molecule has 0 bridgehead atoms. The van der Waals surface area contributed by atoms with Gasteiger partial charge < -0.3 is 4.74 Å². The Hall–Kier alpha value is -1.33. The highest BCUT2D eigenvalue weighted by Gasteiger charge is 2.64. The van der Waals surface area contributed by atoms with Crippen molar-refractivity contribution in [2.24, 2.45) is 5.41 Å². The molecule has 2 nitrogen and oxygen atoms in total. The number of nitriles is 1. The molecule has 19 heavy (non-hydrogen) atoms. The summed E-state index contributed by atoms with van der Waals surface area (Å²) in [5, 5.41) is 9.55. The molecule has 1 saturated carbocycles. The topological polar surface area (TPSA) is 33.0 Å². The second kappa shape index (κ2) is 3.84. The Morgan fingerprint density at radius 1 is 1.05 bits per heavy atom. The maximum absolute atomic E-state index is 9.55. The van der Waals surface area contributed by atoms with Gasteiger partial charge in [0.05, 0.1) is 30.1 Å². The van der Waals surface area contributed by atoms with Crippen LogP contribution in [-0.4, -0.2) is 13.2 Å². The van der Waals surface area contributed by atoms with Crippen molar-refractivity contribution in [3.63, 3.8) is 0 Å². The molecule has 2 heteroatoms. The largest absolute Gasteiger partial charge is 0.379 e. The Kier molecular flexibility index (Phi) is 2.32. The van der Waals surface area contributed by atoms with Crippen molar-refractivity contribution in [3.8, 4) is 6.07 Å². The van der Waals surface area contributed by atoms with Crippen molar-refractivity contribution in [3.05, 3.63) is 34.9 Å². The number of hydrogen-bond acceptors (Lipinski definition) is 2. The lowest BCUT2D eigenvalue weighted by molar-refractivity contribution is -0.0867. The van der Waals surface area contributed by atoms with Crippen molar-refractivity contribution in [1.82, 2.24) is 0 Å². The van der Waals surface area contributed by atoms with Crippen LogP contribution in [0.2, 0.25) is 0 Å². The van der Waals surface area contributed by atoms with E-state index >= 15 is 0 Å². The molecule has 1 aromatic carbocycles. The van der Waals surface area contributed by atoms with Gasteiger partial charge in [0.25, 0.3) is 0 Å². The first-order valence-electron chi connectivity index (χ1n) is 7.41. The number of fused-ring (bicyclic) bond motifs is 1. The summed E-state index contributed by atoms with van der Waals surface area (Å²) in [4.78, 5) is 0. The van der Waals surface area contributed by atoms with Gasteiger partial charge in [0.15, 0.2) is 0 Å². The van der Waals surface area contributed by atoms with Crippen molar-refractivity contribution in [1.29, 1.82) is 5.26 Å². The SMILES string of the molecule is N#CC1(C2(c3ccc4c(c3)CCCC4)COC2)CC1. The molecule has 0 radical (unpaired) electrons. The van der Waals surface area contributed by atoms with Crippen LogP contribution in [0.1, 0.15) is 42.4 Å². The summed E-state index contributed by atoms with van der Waals surface area (Å²) in [6, 6.07) is 9.55. The van der Waals surface area contributed by atoms with E-state index in [1.165, 1.54) is 42.4 Å². The third-order valence-electron chi connectivity index (χ3n) is 5.48. The molecule has 1 heterocycles. The van der Waals surface area contributed by atoms with Crippen LogP contribution in [0.25, 0.3) is 0 Å². The summed E-state index contributed by atoms with van der Waals surface area (Å²) < 4.78 is 5.51. The standard InChI is InChI=1S/C17H19NO/c18-10-16(7-8-16)17(11-19-12-17)15-6-5-13-3-1-2-4-14(13)9-15/h5-6,9H,1-4,7-8,11-12H2. The predicted octanol–water partition coefficient (Wildman–Crippen LogP) is 3.14. The van der Waals surface area contributed by atoms with Gasteiger partial charge in [-0.1, -0.05) is 18.2 Å². The van der Waals surface area contributed by atoms with Crippen LogP contribution in [-0.2, 0) is 23.0 Å². The molecule has 0 spiro atoms. The lowest BCUT2D eigenvalue weighted by Crippen LogP contribution is -2.53. The van der Waals surface area contributed by atoms with E-state index in [0.717, 1.165) is 26.1 Å². The predicted molar refractivity (Wildman–Crippen MR) is 72.9 cm³/mol. The molecule has 0 amide bonds. The van der Waals surface area contributed by atoms with Gasteiger partial charge in [-0.25, -0.2) is 0 Å². The number of hydrogen-bond donors (Lipinski definition) is 0. The Morgan fingerprint density at radius 3 is 2.37 bits per heavy atom. The van der Waals surface area contributed by atoms with Crippen LogP contribution < -0.4 is 0 Å². The number of aryl methyl sites for hydroxylation is 2. The first-order valence-corrected chi connectivity index (χ1v) is 7.41. The molecule has 98 valence electrons. The lowest BCUT2D eigenvalue weighted by atomic mass is 9.66. The molecule has 3 aliphatic rings. The average molecular weight is 253 g/mol. The lowest BCUT2D eigenvalue weighted by Gasteiger charge is -2.46. The number of ether oxygens (including phenoxy) is 1. The van der Waals surface area contributed by atoms with Crippen molar-refractivity contribution in [2.75, 3.05) is 13.2 Å². The molecule has 1 aliphatic heterocycles. The summed E-state index contributed by atoms with van der Waals surface area (Å²) in [5.74, 6) is 0. The molecule has 4 rings (SSSR count). The molecule has 0 aromatic heterocycles. The monoisotopic (exact) mass is 253 g/mol. The van der Waals surface area contributed by atoms with Gasteiger partial charge in [-0.15, -0.1) is 0 Å². The fraction of sp³-hybridized carbons (Fsp3) is 0.588. The zero-order valence-electron chi connectivity index (χ0n) is 11.2. The van der Waals surface area contributed by atoms with Gasteiger partial charge in [0.2, 0.25) is 0 Å². The smallest absolute Gasteiger partial charge is 0.0716 e. The van der Waals surface area contributed by atoms with Crippen molar-refractivity contribution in [2.45, 2.75) is 43.9 Å². The normalized spacial score (nSPS) is 25.8. The zero-order valence-corrected chi connectivity index (χ0v) is 11.2. The molecule has 1 aromatic rings. The molecule has 0 unspecified atom stereocenters. The maximum atomic E-state index is 9.55. The summed E-state index contributed by atoms with van der Waals surface area (Å²) >= 11 is 0. The van der Waals surface area contributed by atoms with Crippen LogP contribution in [0, 0.1) is 16.7 Å². The van der Waals surface area contributed by atoms with E-state index in [1.807, 2.05) is 0 Å². The molecule has 1 saturated heterocycles. The van der Waals surface area contributed by atoms with E-state index < -0.39 is 0 Å². The van der Waals surface area contributed by atoms with Gasteiger partial charge in [0.1, 0.15) is 0 Å². The van der Waals surface area contributed by atoms with E-state index in [4.69, 9.17) is 4.74 Å². The summed E-state index contributed by atoms with van der Waals surface area (Å²) in [6.45, 7) is 1.47. The fourth-order valence-corrected chi connectivity index (χ4v) is 3.88.